The molecule has 1 atom stereocenters. The molecule has 0 aromatic carbocycles. The number of rotatable bonds is 5. The number of amides is 2. The van der Waals surface area contributed by atoms with Crippen LogP contribution in [0.5, 0.6) is 0 Å². The summed E-state index contributed by atoms with van der Waals surface area (Å²) in [7, 11) is 1.76. The van der Waals surface area contributed by atoms with Gasteiger partial charge in [-0.3, -0.25) is 0 Å². The SMILES string of the molecule is CCCC(NC(=O)N(C)C1CCC(C)CC1)C(=O)O. The van der Waals surface area contributed by atoms with E-state index < -0.39 is 12.0 Å². The highest BCUT2D eigenvalue weighted by molar-refractivity contribution is 5.82. The van der Waals surface area contributed by atoms with Gasteiger partial charge in [-0.2, -0.15) is 0 Å². The van der Waals surface area contributed by atoms with Gasteiger partial charge in [-0.1, -0.05) is 20.3 Å². The topological polar surface area (TPSA) is 69.6 Å². The second-order valence-electron chi connectivity index (χ2n) is 5.65. The average molecular weight is 270 g/mol. The molecule has 0 bridgehead atoms. The largest absolute Gasteiger partial charge is 0.480 e. The molecule has 5 nitrogen and oxygen atoms in total. The average Bonchev–Trinajstić information content (AvgIpc) is 2.38. The lowest BCUT2D eigenvalue weighted by molar-refractivity contribution is -0.139. The summed E-state index contributed by atoms with van der Waals surface area (Å²) < 4.78 is 0. The quantitative estimate of drug-likeness (QED) is 0.806. The first-order chi connectivity index (χ1) is 8.95. The van der Waals surface area contributed by atoms with Crippen LogP contribution in [0.1, 0.15) is 52.4 Å². The number of carboxylic acid groups (broad SMARTS) is 1. The number of carboxylic acids is 1. The summed E-state index contributed by atoms with van der Waals surface area (Å²) in [5, 5.41) is 11.7. The van der Waals surface area contributed by atoms with Crippen LogP contribution in [0.15, 0.2) is 0 Å². The fourth-order valence-electron chi connectivity index (χ4n) is 2.59. The van der Waals surface area contributed by atoms with E-state index in [-0.39, 0.29) is 12.1 Å². The molecule has 1 fully saturated rings. The van der Waals surface area contributed by atoms with Crippen molar-refractivity contribution in [1.29, 1.82) is 0 Å². The molecular formula is C14H26N2O3. The number of aliphatic carboxylic acids is 1. The van der Waals surface area contributed by atoms with Gasteiger partial charge in [0.2, 0.25) is 0 Å². The molecule has 110 valence electrons. The highest BCUT2D eigenvalue weighted by Gasteiger charge is 2.27. The maximum atomic E-state index is 12.1. The Labute approximate surface area is 115 Å². The zero-order valence-electron chi connectivity index (χ0n) is 12.2. The van der Waals surface area contributed by atoms with Gasteiger partial charge in [0.1, 0.15) is 6.04 Å². The van der Waals surface area contributed by atoms with Crippen LogP contribution in [0.4, 0.5) is 4.79 Å². The molecule has 0 aromatic heterocycles. The maximum absolute atomic E-state index is 12.1. The third-order valence-corrected chi connectivity index (χ3v) is 4.03. The van der Waals surface area contributed by atoms with Crippen LogP contribution >= 0.6 is 0 Å². The van der Waals surface area contributed by atoms with Crippen molar-refractivity contribution in [2.75, 3.05) is 7.05 Å². The molecule has 0 aliphatic heterocycles. The van der Waals surface area contributed by atoms with E-state index in [1.165, 1.54) is 0 Å². The lowest BCUT2D eigenvalue weighted by Crippen LogP contribution is -2.50. The summed E-state index contributed by atoms with van der Waals surface area (Å²) >= 11 is 0. The standard InChI is InChI=1S/C14H26N2O3/c1-4-5-12(13(17)18)15-14(19)16(3)11-8-6-10(2)7-9-11/h10-12H,4-9H2,1-3H3,(H,15,19)(H,17,18). The summed E-state index contributed by atoms with van der Waals surface area (Å²) in [6.45, 7) is 4.15. The monoisotopic (exact) mass is 270 g/mol. The second kappa shape index (κ2) is 7.36. The van der Waals surface area contributed by atoms with Gasteiger partial charge >= 0.3 is 12.0 Å². The second-order valence-corrected chi connectivity index (χ2v) is 5.65. The number of nitrogens with zero attached hydrogens (tertiary/aromatic N) is 1. The first-order valence-electron chi connectivity index (χ1n) is 7.21. The Morgan fingerprint density at radius 1 is 1.32 bits per heavy atom. The summed E-state index contributed by atoms with van der Waals surface area (Å²) in [5.74, 6) is -0.222. The van der Waals surface area contributed by atoms with Gasteiger partial charge in [-0.25, -0.2) is 9.59 Å². The maximum Gasteiger partial charge on any atom is 0.326 e. The van der Waals surface area contributed by atoms with Crippen molar-refractivity contribution in [3.8, 4) is 0 Å². The van der Waals surface area contributed by atoms with Gasteiger partial charge < -0.3 is 15.3 Å². The molecule has 1 rings (SSSR count). The number of hydrogen-bond donors (Lipinski definition) is 2. The third kappa shape index (κ3) is 4.73. The Hall–Kier alpha value is -1.26. The van der Waals surface area contributed by atoms with Crippen molar-refractivity contribution in [1.82, 2.24) is 10.2 Å². The predicted octanol–water partition coefficient (Wildman–Crippen LogP) is 2.46. The van der Waals surface area contributed by atoms with Crippen molar-refractivity contribution in [2.45, 2.75) is 64.5 Å². The Kier molecular flexibility index (Phi) is 6.12. The molecule has 1 aliphatic rings. The highest BCUT2D eigenvalue weighted by Crippen LogP contribution is 2.26. The molecule has 2 N–H and O–H groups in total. The molecule has 1 aliphatic carbocycles. The van der Waals surface area contributed by atoms with E-state index in [9.17, 15) is 9.59 Å². The van der Waals surface area contributed by atoms with E-state index in [1.807, 2.05) is 6.92 Å². The Morgan fingerprint density at radius 2 is 1.89 bits per heavy atom. The Bertz CT molecular complexity index is 312. The van der Waals surface area contributed by atoms with Crippen molar-refractivity contribution in [3.05, 3.63) is 0 Å². The zero-order chi connectivity index (χ0) is 14.4. The van der Waals surface area contributed by atoms with Crippen LogP contribution in [-0.2, 0) is 4.79 Å². The van der Waals surface area contributed by atoms with E-state index in [2.05, 4.69) is 12.2 Å². The van der Waals surface area contributed by atoms with Crippen LogP contribution in [-0.4, -0.2) is 41.1 Å². The fraction of sp³-hybridized carbons (Fsp3) is 0.857. The summed E-state index contributed by atoms with van der Waals surface area (Å²) in [6.07, 6.45) is 5.50. The van der Waals surface area contributed by atoms with Gasteiger partial charge in [0.05, 0.1) is 0 Å². The summed E-state index contributed by atoms with van der Waals surface area (Å²) in [6, 6.07) is -0.796. The van der Waals surface area contributed by atoms with Crippen LogP contribution < -0.4 is 5.32 Å². The minimum Gasteiger partial charge on any atom is -0.480 e. The molecule has 5 heteroatoms. The van der Waals surface area contributed by atoms with Crippen molar-refractivity contribution in [3.63, 3.8) is 0 Å². The van der Waals surface area contributed by atoms with E-state index >= 15 is 0 Å². The first-order valence-corrected chi connectivity index (χ1v) is 7.21. The van der Waals surface area contributed by atoms with Crippen molar-refractivity contribution < 1.29 is 14.7 Å². The molecular weight excluding hydrogens is 244 g/mol. The Morgan fingerprint density at radius 3 is 2.37 bits per heavy atom. The van der Waals surface area contributed by atoms with Gasteiger partial charge in [0, 0.05) is 13.1 Å². The molecule has 2 amide bonds. The number of carbonyl (C=O) groups excluding carboxylic acids is 1. The normalized spacial score (nSPS) is 24.6. The molecule has 0 aromatic rings. The van der Waals surface area contributed by atoms with Crippen LogP contribution in [0.25, 0.3) is 0 Å². The highest BCUT2D eigenvalue weighted by atomic mass is 16.4. The molecule has 0 heterocycles. The van der Waals surface area contributed by atoms with Gasteiger partial charge in [0.25, 0.3) is 0 Å². The first kappa shape index (κ1) is 15.8. The van der Waals surface area contributed by atoms with Crippen molar-refractivity contribution >= 4 is 12.0 Å². The van der Waals surface area contributed by atoms with Gasteiger partial charge in [-0.05, 0) is 38.0 Å². The van der Waals surface area contributed by atoms with Crippen molar-refractivity contribution in [2.24, 2.45) is 5.92 Å². The van der Waals surface area contributed by atoms with Crippen LogP contribution in [0.2, 0.25) is 0 Å². The number of nitrogens with one attached hydrogen (secondary N) is 1. The lowest BCUT2D eigenvalue weighted by Gasteiger charge is -2.34. The molecule has 0 radical (unpaired) electrons. The minimum atomic E-state index is -0.958. The number of hydrogen-bond acceptors (Lipinski definition) is 2. The molecule has 19 heavy (non-hydrogen) atoms. The fourth-order valence-corrected chi connectivity index (χ4v) is 2.59. The smallest absolute Gasteiger partial charge is 0.326 e. The third-order valence-electron chi connectivity index (χ3n) is 4.03. The van der Waals surface area contributed by atoms with E-state index in [1.54, 1.807) is 11.9 Å². The lowest BCUT2D eigenvalue weighted by atomic mass is 9.87. The number of carbonyl (C=O) groups is 2. The van der Waals surface area contributed by atoms with E-state index in [4.69, 9.17) is 5.11 Å². The number of urea groups is 1. The Balaban J connectivity index is 2.49. The van der Waals surface area contributed by atoms with Gasteiger partial charge in [-0.15, -0.1) is 0 Å². The summed E-state index contributed by atoms with van der Waals surface area (Å²) in [5.41, 5.74) is 0. The van der Waals surface area contributed by atoms with Gasteiger partial charge in [0.15, 0.2) is 0 Å². The summed E-state index contributed by atoms with van der Waals surface area (Å²) in [4.78, 5) is 24.8. The molecule has 1 unspecified atom stereocenters. The van der Waals surface area contributed by atoms with Crippen LogP contribution in [0, 0.1) is 5.92 Å². The van der Waals surface area contributed by atoms with E-state index in [0.717, 1.165) is 38.0 Å². The molecule has 0 saturated heterocycles. The van der Waals surface area contributed by atoms with Crippen LogP contribution in [0.3, 0.4) is 0 Å². The predicted molar refractivity (Wildman–Crippen MR) is 74.0 cm³/mol. The molecule has 0 spiro atoms. The van der Waals surface area contributed by atoms with E-state index in [0.29, 0.717) is 6.42 Å². The minimum absolute atomic E-state index is 0.243. The zero-order valence-corrected chi connectivity index (χ0v) is 12.2. The molecule has 1 saturated carbocycles.